The predicted octanol–water partition coefficient (Wildman–Crippen LogP) is 9.07. The van der Waals surface area contributed by atoms with Crippen LogP contribution in [-0.2, 0) is 16.0 Å². The molecule has 0 atom stereocenters. The fraction of sp³-hybridized carbons (Fsp3) is 0.224. The Morgan fingerprint density at radius 3 is 2.32 bits per heavy atom. The van der Waals surface area contributed by atoms with E-state index in [2.05, 4.69) is 21.2 Å². The first kappa shape index (κ1) is 42.1. The van der Waals surface area contributed by atoms with E-state index in [-0.39, 0.29) is 42.5 Å². The number of fused-ring (bicyclic) bond motifs is 2. The van der Waals surface area contributed by atoms with Gasteiger partial charge in [-0.1, -0.05) is 67.1 Å². The maximum absolute atomic E-state index is 15.3. The van der Waals surface area contributed by atoms with Gasteiger partial charge in [0.15, 0.2) is 0 Å². The minimum Gasteiger partial charge on any atom is -0.494 e. The van der Waals surface area contributed by atoms with Crippen LogP contribution in [0.3, 0.4) is 0 Å². The largest absolute Gasteiger partial charge is 0.494 e. The molecule has 1 aliphatic heterocycles. The first-order valence-corrected chi connectivity index (χ1v) is 20.9. The number of benzene rings is 5. The van der Waals surface area contributed by atoms with Gasteiger partial charge >= 0.3 is 0 Å². The van der Waals surface area contributed by atoms with Crippen molar-refractivity contribution < 1.29 is 27.8 Å². The summed E-state index contributed by atoms with van der Waals surface area (Å²) in [7, 11) is 0. The Morgan fingerprint density at radius 2 is 1.55 bits per heavy atom. The summed E-state index contributed by atoms with van der Waals surface area (Å²) >= 11 is 6.10. The van der Waals surface area contributed by atoms with E-state index < -0.39 is 11.7 Å². The molecule has 7 aromatic rings. The highest BCUT2D eigenvalue weighted by Crippen LogP contribution is 2.37. The van der Waals surface area contributed by atoms with Gasteiger partial charge in [0.25, 0.3) is 11.5 Å². The van der Waals surface area contributed by atoms with Gasteiger partial charge in [0, 0.05) is 66.7 Å². The second-order valence-electron chi connectivity index (χ2n) is 15.1. The number of ether oxygens (including phenoxy) is 2. The Kier molecular flexibility index (Phi) is 12.9. The molecule has 0 bridgehead atoms. The second kappa shape index (κ2) is 19.0. The molecule has 0 radical (unpaired) electrons. The fourth-order valence-electron chi connectivity index (χ4n) is 7.95. The van der Waals surface area contributed by atoms with Crippen molar-refractivity contribution in [3.05, 3.63) is 176 Å². The van der Waals surface area contributed by atoms with Crippen molar-refractivity contribution in [2.75, 3.05) is 46.0 Å². The van der Waals surface area contributed by atoms with Crippen molar-refractivity contribution in [1.29, 1.82) is 0 Å². The Bertz CT molecular complexity index is 2850. The summed E-state index contributed by atoms with van der Waals surface area (Å²) in [5, 5.41) is 9.31. The van der Waals surface area contributed by atoms with Gasteiger partial charge in [-0.2, -0.15) is 5.10 Å². The number of H-pyrrole nitrogens is 2. The van der Waals surface area contributed by atoms with Crippen molar-refractivity contribution >= 4 is 56.2 Å². The molecule has 13 heteroatoms. The summed E-state index contributed by atoms with van der Waals surface area (Å²) in [4.78, 5) is 45.1. The first-order chi connectivity index (χ1) is 30.2. The number of amides is 2. The average Bonchev–Trinajstić information content (AvgIpc) is 3.77. The molecule has 0 spiro atoms. The van der Waals surface area contributed by atoms with Crippen molar-refractivity contribution in [2.45, 2.75) is 26.2 Å². The number of nitrogens with one attached hydrogen (secondary N) is 2. The van der Waals surface area contributed by atoms with E-state index in [1.807, 2.05) is 67.7 Å². The van der Waals surface area contributed by atoms with Crippen LogP contribution in [0.1, 0.15) is 58.1 Å². The summed E-state index contributed by atoms with van der Waals surface area (Å²) in [6.07, 6.45) is 3.33. The lowest BCUT2D eigenvalue weighted by molar-refractivity contribution is -0.137. The van der Waals surface area contributed by atoms with Gasteiger partial charge in [0.05, 0.1) is 29.9 Å². The zero-order chi connectivity index (χ0) is 43.2. The highest BCUT2D eigenvalue weighted by molar-refractivity contribution is 6.30. The van der Waals surface area contributed by atoms with E-state index in [1.165, 1.54) is 18.2 Å². The maximum atomic E-state index is 15.3. The summed E-state index contributed by atoms with van der Waals surface area (Å²) in [6.45, 7) is 3.69. The number of piperazine rings is 1. The van der Waals surface area contributed by atoms with Crippen LogP contribution in [0, 0.1) is 11.6 Å². The van der Waals surface area contributed by atoms with E-state index in [1.54, 1.807) is 40.1 Å². The van der Waals surface area contributed by atoms with E-state index in [0.717, 1.165) is 33.2 Å². The second-order valence-corrected chi connectivity index (χ2v) is 15.5. The number of hydrogen-bond donors (Lipinski definition) is 2. The van der Waals surface area contributed by atoms with Crippen LogP contribution in [0.4, 0.5) is 8.78 Å². The van der Waals surface area contributed by atoms with Crippen LogP contribution in [0.25, 0.3) is 32.8 Å². The molecular formula is C49H44ClF2N5O5. The number of carbonyl (C=O) groups is 2. The molecule has 62 heavy (non-hydrogen) atoms. The Balaban J connectivity index is 0.812. The number of nitrogens with zero attached hydrogens (tertiary/aromatic N) is 3. The molecule has 1 saturated heterocycles. The zero-order valence-electron chi connectivity index (χ0n) is 34.1. The normalized spacial score (nSPS) is 13.4. The third-order valence-electron chi connectivity index (χ3n) is 11.2. The van der Waals surface area contributed by atoms with Crippen LogP contribution in [0.5, 0.6) is 5.75 Å². The minimum absolute atomic E-state index is 0.0545. The highest BCUT2D eigenvalue weighted by atomic mass is 35.5. The molecule has 1 fully saturated rings. The van der Waals surface area contributed by atoms with Crippen LogP contribution < -0.4 is 10.3 Å². The topological polar surface area (TPSA) is 121 Å². The molecule has 316 valence electrons. The molecule has 2 N–H and O–H groups in total. The molecule has 10 nitrogen and oxygen atoms in total. The number of aromatic amines is 2. The van der Waals surface area contributed by atoms with Crippen molar-refractivity contribution in [3.63, 3.8) is 0 Å². The summed E-state index contributed by atoms with van der Waals surface area (Å²) in [5.41, 5.74) is 6.10. The Morgan fingerprint density at radius 1 is 0.790 bits per heavy atom. The predicted molar refractivity (Wildman–Crippen MR) is 237 cm³/mol. The molecule has 2 aromatic heterocycles. The van der Waals surface area contributed by atoms with Gasteiger partial charge in [0.1, 0.15) is 24.0 Å². The van der Waals surface area contributed by atoms with Crippen LogP contribution >= 0.6 is 11.6 Å². The quantitative estimate of drug-likeness (QED) is 0.0833. The number of rotatable bonds is 14. The number of halogens is 3. The minimum atomic E-state index is -0.632. The van der Waals surface area contributed by atoms with Gasteiger partial charge in [-0.3, -0.25) is 14.4 Å². The number of hydrogen-bond acceptors (Lipinski definition) is 6. The number of carbonyl (C=O) groups excluding carboxylic acids is 2. The number of aromatic nitrogens is 3. The van der Waals surface area contributed by atoms with Crippen LogP contribution in [0.15, 0.2) is 120 Å². The SMILES string of the molecule is CC/C(=C(/c1ccc(OCCCOCC(=O)N2CCN(C(=O)c3cc(Cc4n[nH]c(=O)c5ccccc45)ccc3F)CC2)cc1)c1ccc2[nH]ccc2c1)c1ccc(Cl)cc1F. The Labute approximate surface area is 361 Å². The van der Waals surface area contributed by atoms with Gasteiger partial charge in [-0.05, 0) is 100 Å². The molecule has 0 unspecified atom stereocenters. The van der Waals surface area contributed by atoms with E-state index in [4.69, 9.17) is 21.1 Å². The Hall–Kier alpha value is -6.63. The monoisotopic (exact) mass is 855 g/mol. The van der Waals surface area contributed by atoms with Gasteiger partial charge < -0.3 is 24.3 Å². The lowest BCUT2D eigenvalue weighted by Crippen LogP contribution is -2.51. The maximum Gasteiger partial charge on any atom is 0.272 e. The van der Waals surface area contributed by atoms with E-state index in [9.17, 15) is 18.8 Å². The fourth-order valence-corrected chi connectivity index (χ4v) is 8.11. The molecule has 8 rings (SSSR count). The van der Waals surface area contributed by atoms with Gasteiger partial charge in [-0.25, -0.2) is 13.9 Å². The van der Waals surface area contributed by atoms with Crippen molar-refractivity contribution in [1.82, 2.24) is 25.0 Å². The molecular weight excluding hydrogens is 812 g/mol. The summed E-state index contributed by atoms with van der Waals surface area (Å²) in [5.74, 6) is -0.983. The molecule has 5 aromatic carbocycles. The standard InChI is InChI=1S/C49H44ClF2N5O5/c1-2-37(38-15-12-35(50)29-43(38)52)47(34-11-17-44-33(28-34)18-19-53-44)32-9-13-36(14-10-32)62-25-5-24-61-30-46(58)56-20-22-57(23-21-56)49(60)41-26-31(8-16-42(41)51)27-45-39-6-3-4-7-40(39)48(59)55-54-45/h3-4,6-19,26,28-29,53H,2,5,20-25,27,30H2,1H3,(H,55,59)/b47-37+. The smallest absolute Gasteiger partial charge is 0.272 e. The van der Waals surface area contributed by atoms with Crippen molar-refractivity contribution in [3.8, 4) is 5.75 Å². The first-order valence-electron chi connectivity index (χ1n) is 20.6. The van der Waals surface area contributed by atoms with E-state index >= 15 is 4.39 Å². The third-order valence-corrected chi connectivity index (χ3v) is 11.4. The summed E-state index contributed by atoms with van der Waals surface area (Å²) < 4.78 is 42.0. The third kappa shape index (κ3) is 9.31. The summed E-state index contributed by atoms with van der Waals surface area (Å²) in [6, 6.07) is 32.2. The van der Waals surface area contributed by atoms with Crippen LogP contribution in [-0.4, -0.2) is 82.8 Å². The molecule has 0 saturated carbocycles. The molecule has 0 aliphatic carbocycles. The van der Waals surface area contributed by atoms with Crippen LogP contribution in [0.2, 0.25) is 5.02 Å². The highest BCUT2D eigenvalue weighted by Gasteiger charge is 2.27. The number of allylic oxidation sites excluding steroid dienone is 1. The van der Waals surface area contributed by atoms with Crippen molar-refractivity contribution in [2.24, 2.45) is 0 Å². The molecule has 3 heterocycles. The molecule has 1 aliphatic rings. The molecule has 2 amide bonds. The lowest BCUT2D eigenvalue weighted by atomic mass is 9.87. The lowest BCUT2D eigenvalue weighted by Gasteiger charge is -2.34. The van der Waals surface area contributed by atoms with E-state index in [0.29, 0.717) is 83.9 Å². The van der Waals surface area contributed by atoms with Gasteiger partial charge in [0.2, 0.25) is 5.91 Å². The average molecular weight is 856 g/mol. The van der Waals surface area contributed by atoms with Gasteiger partial charge in [-0.15, -0.1) is 0 Å². The zero-order valence-corrected chi connectivity index (χ0v) is 34.8.